The van der Waals surface area contributed by atoms with Gasteiger partial charge in [-0.25, -0.2) is 4.79 Å². The van der Waals surface area contributed by atoms with Crippen LogP contribution in [0.3, 0.4) is 0 Å². The van der Waals surface area contributed by atoms with Gasteiger partial charge in [-0.1, -0.05) is 50.2 Å². The van der Waals surface area contributed by atoms with Crippen LogP contribution in [0.4, 0.5) is 5.69 Å². The summed E-state index contributed by atoms with van der Waals surface area (Å²) in [7, 11) is 0. The third kappa shape index (κ3) is 4.45. The normalized spacial score (nSPS) is 12.1. The average Bonchev–Trinajstić information content (AvgIpc) is 2.68. The van der Waals surface area contributed by atoms with Crippen molar-refractivity contribution in [3.8, 4) is 0 Å². The number of aryl methyl sites for hydroxylation is 2. The first-order valence-electron chi connectivity index (χ1n) is 9.75. The van der Waals surface area contributed by atoms with Gasteiger partial charge in [-0.3, -0.25) is 9.78 Å². The van der Waals surface area contributed by atoms with Crippen molar-refractivity contribution in [3.05, 3.63) is 70.9 Å². The molecule has 0 saturated heterocycles. The molecule has 150 valence electrons. The standard InChI is InChI=1S/C24H26N2O3/c1-14(2)18-11-8-9-15(3)22(18)26-23(27)17(5)29-24(28)20-13-16(4)25-21-12-7-6-10-19(20)21/h6-14,17H,1-5H3,(H,26,27)/t17-/m1/s1. The summed E-state index contributed by atoms with van der Waals surface area (Å²) in [6.07, 6.45) is -0.936. The van der Waals surface area contributed by atoms with E-state index in [9.17, 15) is 9.59 Å². The second-order valence-electron chi connectivity index (χ2n) is 7.56. The van der Waals surface area contributed by atoms with Crippen molar-refractivity contribution in [1.82, 2.24) is 4.98 Å². The highest BCUT2D eigenvalue weighted by Crippen LogP contribution is 2.28. The van der Waals surface area contributed by atoms with Gasteiger partial charge >= 0.3 is 5.97 Å². The van der Waals surface area contributed by atoms with Crippen molar-refractivity contribution in [2.75, 3.05) is 5.32 Å². The van der Waals surface area contributed by atoms with Gasteiger partial charge in [0.05, 0.1) is 11.1 Å². The number of nitrogens with zero attached hydrogens (tertiary/aromatic N) is 1. The van der Waals surface area contributed by atoms with Gasteiger partial charge in [0, 0.05) is 16.8 Å². The SMILES string of the molecule is Cc1cc(C(=O)O[C@H](C)C(=O)Nc2c(C)cccc2C(C)C)c2ccccc2n1. The van der Waals surface area contributed by atoms with E-state index in [1.807, 2.05) is 56.3 Å². The Labute approximate surface area is 171 Å². The molecule has 0 saturated carbocycles. The lowest BCUT2D eigenvalue weighted by Gasteiger charge is -2.19. The molecular formula is C24H26N2O3. The van der Waals surface area contributed by atoms with Crippen LogP contribution in [0.1, 0.15) is 53.9 Å². The number of carbonyl (C=O) groups is 2. The molecule has 0 unspecified atom stereocenters. The molecule has 0 aliphatic carbocycles. The lowest BCUT2D eigenvalue weighted by atomic mass is 9.98. The molecule has 1 amide bonds. The molecule has 5 heteroatoms. The number of para-hydroxylation sites is 2. The van der Waals surface area contributed by atoms with E-state index < -0.39 is 12.1 Å². The number of amides is 1. The van der Waals surface area contributed by atoms with Gasteiger partial charge in [-0.2, -0.15) is 0 Å². The number of anilines is 1. The molecule has 1 aromatic heterocycles. The number of fused-ring (bicyclic) bond motifs is 1. The zero-order valence-corrected chi connectivity index (χ0v) is 17.4. The van der Waals surface area contributed by atoms with Crippen molar-refractivity contribution in [2.45, 2.75) is 46.6 Å². The van der Waals surface area contributed by atoms with Gasteiger partial charge < -0.3 is 10.1 Å². The number of pyridine rings is 1. The van der Waals surface area contributed by atoms with E-state index in [-0.39, 0.29) is 11.8 Å². The Morgan fingerprint density at radius 1 is 1.00 bits per heavy atom. The van der Waals surface area contributed by atoms with Crippen LogP contribution in [0.15, 0.2) is 48.5 Å². The fraction of sp³-hybridized carbons (Fsp3) is 0.292. The van der Waals surface area contributed by atoms with Gasteiger partial charge in [0.1, 0.15) is 0 Å². The van der Waals surface area contributed by atoms with Crippen LogP contribution in [-0.2, 0) is 9.53 Å². The van der Waals surface area contributed by atoms with Gasteiger partial charge in [0.25, 0.3) is 5.91 Å². The summed E-state index contributed by atoms with van der Waals surface area (Å²) in [5.41, 5.74) is 4.64. The predicted molar refractivity (Wildman–Crippen MR) is 115 cm³/mol. The number of carbonyl (C=O) groups excluding carboxylic acids is 2. The van der Waals surface area contributed by atoms with Crippen molar-refractivity contribution >= 4 is 28.5 Å². The summed E-state index contributed by atoms with van der Waals surface area (Å²) in [5, 5.41) is 3.64. The van der Waals surface area contributed by atoms with Gasteiger partial charge in [0.2, 0.25) is 0 Å². The van der Waals surface area contributed by atoms with Crippen molar-refractivity contribution in [1.29, 1.82) is 0 Å². The molecule has 0 radical (unpaired) electrons. The maximum atomic E-state index is 12.8. The first-order valence-corrected chi connectivity index (χ1v) is 9.75. The van der Waals surface area contributed by atoms with Gasteiger partial charge in [0.15, 0.2) is 6.10 Å². The molecule has 0 bridgehead atoms. The van der Waals surface area contributed by atoms with Crippen molar-refractivity contribution in [2.24, 2.45) is 0 Å². The molecule has 3 aromatic rings. The molecular weight excluding hydrogens is 364 g/mol. The molecule has 0 spiro atoms. The van der Waals surface area contributed by atoms with E-state index in [0.717, 1.165) is 22.3 Å². The third-order valence-corrected chi connectivity index (χ3v) is 4.89. The second kappa shape index (κ2) is 8.43. The molecule has 1 heterocycles. The zero-order valence-electron chi connectivity index (χ0n) is 17.4. The molecule has 0 fully saturated rings. The highest BCUT2D eigenvalue weighted by molar-refractivity contribution is 6.05. The van der Waals surface area contributed by atoms with E-state index in [4.69, 9.17) is 4.74 Å². The fourth-order valence-corrected chi connectivity index (χ4v) is 3.32. The number of hydrogen-bond acceptors (Lipinski definition) is 4. The fourth-order valence-electron chi connectivity index (χ4n) is 3.32. The monoisotopic (exact) mass is 390 g/mol. The van der Waals surface area contributed by atoms with E-state index in [0.29, 0.717) is 16.6 Å². The lowest BCUT2D eigenvalue weighted by Crippen LogP contribution is -2.30. The minimum absolute atomic E-state index is 0.259. The van der Waals surface area contributed by atoms with Crippen LogP contribution >= 0.6 is 0 Å². The number of aromatic nitrogens is 1. The summed E-state index contributed by atoms with van der Waals surface area (Å²) < 4.78 is 5.49. The summed E-state index contributed by atoms with van der Waals surface area (Å²) in [5.74, 6) is -0.637. The zero-order chi connectivity index (χ0) is 21.1. The molecule has 1 atom stereocenters. The first kappa shape index (κ1) is 20.5. The van der Waals surface area contributed by atoms with Crippen molar-refractivity contribution < 1.29 is 14.3 Å². The minimum Gasteiger partial charge on any atom is -0.449 e. The molecule has 1 N–H and O–H groups in total. The minimum atomic E-state index is -0.936. The quantitative estimate of drug-likeness (QED) is 0.611. The third-order valence-electron chi connectivity index (χ3n) is 4.89. The topological polar surface area (TPSA) is 68.3 Å². The Hall–Kier alpha value is -3.21. The first-order chi connectivity index (χ1) is 13.8. The number of nitrogens with one attached hydrogen (secondary N) is 1. The summed E-state index contributed by atoms with van der Waals surface area (Å²) in [4.78, 5) is 30.0. The molecule has 0 aliphatic heterocycles. The number of ether oxygens (including phenoxy) is 1. The summed E-state index contributed by atoms with van der Waals surface area (Å²) in [6.45, 7) is 9.50. The Morgan fingerprint density at radius 3 is 2.45 bits per heavy atom. The molecule has 2 aromatic carbocycles. The van der Waals surface area contributed by atoms with Gasteiger partial charge in [-0.15, -0.1) is 0 Å². The Kier molecular flexibility index (Phi) is 5.97. The highest BCUT2D eigenvalue weighted by atomic mass is 16.5. The smallest absolute Gasteiger partial charge is 0.339 e. The van der Waals surface area contributed by atoms with Crippen LogP contribution < -0.4 is 5.32 Å². The summed E-state index contributed by atoms with van der Waals surface area (Å²) in [6, 6.07) is 15.0. The van der Waals surface area contributed by atoms with Crippen LogP contribution in [0.5, 0.6) is 0 Å². The second-order valence-corrected chi connectivity index (χ2v) is 7.56. The van der Waals surface area contributed by atoms with E-state index in [1.54, 1.807) is 13.0 Å². The van der Waals surface area contributed by atoms with Gasteiger partial charge in [-0.05, 0) is 49.9 Å². The van der Waals surface area contributed by atoms with Crippen molar-refractivity contribution in [3.63, 3.8) is 0 Å². The Morgan fingerprint density at radius 2 is 1.72 bits per heavy atom. The van der Waals surface area contributed by atoms with Crippen LogP contribution in [0.2, 0.25) is 0 Å². The molecule has 5 nitrogen and oxygen atoms in total. The summed E-state index contributed by atoms with van der Waals surface area (Å²) >= 11 is 0. The van der Waals surface area contributed by atoms with E-state index in [2.05, 4.69) is 24.1 Å². The lowest BCUT2D eigenvalue weighted by molar-refractivity contribution is -0.123. The number of rotatable bonds is 5. The average molecular weight is 390 g/mol. The Balaban J connectivity index is 1.80. The molecule has 0 aliphatic rings. The largest absolute Gasteiger partial charge is 0.449 e. The van der Waals surface area contributed by atoms with Crippen LogP contribution in [-0.4, -0.2) is 23.0 Å². The van der Waals surface area contributed by atoms with Crippen LogP contribution in [0, 0.1) is 13.8 Å². The molecule has 3 rings (SSSR count). The number of esters is 1. The maximum absolute atomic E-state index is 12.8. The Bertz CT molecular complexity index is 1070. The van der Waals surface area contributed by atoms with E-state index >= 15 is 0 Å². The number of hydrogen-bond donors (Lipinski definition) is 1. The maximum Gasteiger partial charge on any atom is 0.339 e. The predicted octanol–water partition coefficient (Wildman–Crippen LogP) is 5.16. The number of benzene rings is 2. The van der Waals surface area contributed by atoms with E-state index in [1.165, 1.54) is 0 Å². The highest BCUT2D eigenvalue weighted by Gasteiger charge is 2.22. The molecule has 29 heavy (non-hydrogen) atoms. The van der Waals surface area contributed by atoms with Crippen LogP contribution in [0.25, 0.3) is 10.9 Å².